The maximum atomic E-state index is 12.2. The van der Waals surface area contributed by atoms with Crippen molar-refractivity contribution in [3.63, 3.8) is 0 Å². The van der Waals surface area contributed by atoms with Crippen LogP contribution in [-0.2, 0) is 19.2 Å². The van der Waals surface area contributed by atoms with E-state index < -0.39 is 23.6 Å². The molecule has 0 spiro atoms. The number of carbonyl (C=O) groups excluding carboxylic acids is 4. The maximum absolute atomic E-state index is 12.2. The average molecular weight is 466 g/mol. The second-order valence-electron chi connectivity index (χ2n) is 7.71. The quantitative estimate of drug-likeness (QED) is 0.499. The normalized spacial score (nSPS) is 14.9. The Kier molecular flexibility index (Phi) is 5.46. The van der Waals surface area contributed by atoms with Crippen LogP contribution >= 0.6 is 0 Å². The molecule has 2 heterocycles. The Morgan fingerprint density at radius 3 is 1.23 bits per heavy atom. The monoisotopic (exact) mass is 466 g/mol. The second kappa shape index (κ2) is 8.75. The van der Waals surface area contributed by atoms with E-state index in [1.165, 1.54) is 24.3 Å². The molecule has 0 bridgehead atoms. The van der Waals surface area contributed by atoms with Crippen LogP contribution in [0.5, 0.6) is 23.0 Å². The highest BCUT2D eigenvalue weighted by atomic mass is 16.5. The Bertz CT molecular complexity index is 1310. The van der Waals surface area contributed by atoms with E-state index in [-0.39, 0.29) is 0 Å². The summed E-state index contributed by atoms with van der Waals surface area (Å²) in [5.74, 6) is -0.275. The smallest absolute Gasteiger partial charge is 0.258 e. The number of rotatable bonds is 6. The molecule has 0 aliphatic carbocycles. The minimum Gasteiger partial charge on any atom is -0.455 e. The van der Waals surface area contributed by atoms with Gasteiger partial charge in [0.15, 0.2) is 11.5 Å². The van der Waals surface area contributed by atoms with Gasteiger partial charge in [0.2, 0.25) is 0 Å². The predicted octanol–water partition coefficient (Wildman–Crippen LogP) is 4.44. The van der Waals surface area contributed by atoms with Crippen molar-refractivity contribution in [2.24, 2.45) is 0 Å². The highest BCUT2D eigenvalue weighted by molar-refractivity contribution is 6.29. The zero-order chi connectivity index (χ0) is 24.5. The molecule has 0 saturated carbocycles. The first-order chi connectivity index (χ1) is 16.9. The Morgan fingerprint density at radius 1 is 0.486 bits per heavy atom. The molecule has 0 atom stereocenters. The van der Waals surface area contributed by atoms with E-state index in [0.29, 0.717) is 39.9 Å². The van der Waals surface area contributed by atoms with Crippen LogP contribution in [0.2, 0.25) is 0 Å². The molecular formula is C27H18N2O6. The van der Waals surface area contributed by atoms with Gasteiger partial charge in [0, 0.05) is 29.9 Å². The van der Waals surface area contributed by atoms with E-state index in [2.05, 4.69) is 0 Å². The molecule has 2 aliphatic rings. The van der Waals surface area contributed by atoms with Crippen molar-refractivity contribution in [3.8, 4) is 23.0 Å². The van der Waals surface area contributed by atoms with Gasteiger partial charge in [0.25, 0.3) is 23.6 Å². The first-order valence-electron chi connectivity index (χ1n) is 10.7. The van der Waals surface area contributed by atoms with Gasteiger partial charge in [-0.05, 0) is 43.3 Å². The topological polar surface area (TPSA) is 93.2 Å². The van der Waals surface area contributed by atoms with Crippen molar-refractivity contribution in [2.45, 2.75) is 6.92 Å². The Balaban J connectivity index is 1.46. The summed E-state index contributed by atoms with van der Waals surface area (Å²) in [7, 11) is 0. The first kappa shape index (κ1) is 21.8. The number of ether oxygens (including phenoxy) is 2. The molecule has 3 aromatic rings. The zero-order valence-electron chi connectivity index (χ0n) is 18.5. The van der Waals surface area contributed by atoms with Gasteiger partial charge in [-0.2, -0.15) is 0 Å². The van der Waals surface area contributed by atoms with E-state index in [0.717, 1.165) is 9.80 Å². The Morgan fingerprint density at radius 2 is 0.829 bits per heavy atom. The van der Waals surface area contributed by atoms with Crippen LogP contribution in [0.25, 0.3) is 0 Å². The van der Waals surface area contributed by atoms with Crippen molar-refractivity contribution in [1.29, 1.82) is 0 Å². The summed E-state index contributed by atoms with van der Waals surface area (Å²) in [5, 5.41) is 0. The summed E-state index contributed by atoms with van der Waals surface area (Å²) in [6, 6.07) is 18.7. The van der Waals surface area contributed by atoms with Crippen LogP contribution < -0.4 is 19.3 Å². The van der Waals surface area contributed by atoms with Gasteiger partial charge in [-0.3, -0.25) is 19.2 Å². The summed E-state index contributed by atoms with van der Waals surface area (Å²) in [5.41, 5.74) is 1.27. The lowest BCUT2D eigenvalue weighted by Crippen LogP contribution is -2.29. The molecular weight excluding hydrogens is 448 g/mol. The number of benzene rings is 3. The van der Waals surface area contributed by atoms with Gasteiger partial charge in [0.1, 0.15) is 11.5 Å². The third-order valence-corrected chi connectivity index (χ3v) is 5.51. The van der Waals surface area contributed by atoms with Crippen LogP contribution in [0.3, 0.4) is 0 Å². The number of anilines is 2. The van der Waals surface area contributed by atoms with E-state index in [1.54, 1.807) is 73.7 Å². The standard InChI is InChI=1S/C27H18N2O6/c1-17-20(34-22-9-4-2-7-18(22)28-24(30)13-14-25(28)31)11-6-12-21(17)35-23-10-5-3-8-19(23)29-26(32)15-16-27(29)33/h2-16H,1H3. The van der Waals surface area contributed by atoms with E-state index in [4.69, 9.17) is 9.47 Å². The molecule has 8 heteroatoms. The maximum Gasteiger partial charge on any atom is 0.258 e. The van der Waals surface area contributed by atoms with Crippen molar-refractivity contribution in [2.75, 3.05) is 9.80 Å². The van der Waals surface area contributed by atoms with Crippen LogP contribution in [0, 0.1) is 6.92 Å². The first-order valence-corrected chi connectivity index (χ1v) is 10.7. The van der Waals surface area contributed by atoms with Gasteiger partial charge in [0.05, 0.1) is 11.4 Å². The number of para-hydroxylation sites is 4. The molecule has 5 rings (SSSR count). The zero-order valence-corrected chi connectivity index (χ0v) is 18.5. The van der Waals surface area contributed by atoms with Gasteiger partial charge < -0.3 is 9.47 Å². The largest absolute Gasteiger partial charge is 0.455 e. The number of carbonyl (C=O) groups is 4. The summed E-state index contributed by atoms with van der Waals surface area (Å²) in [6.45, 7) is 1.79. The molecule has 35 heavy (non-hydrogen) atoms. The third-order valence-electron chi connectivity index (χ3n) is 5.51. The van der Waals surface area contributed by atoms with Crippen molar-refractivity contribution in [3.05, 3.63) is 96.6 Å². The minimum absolute atomic E-state index is 0.317. The van der Waals surface area contributed by atoms with E-state index in [1.807, 2.05) is 0 Å². The predicted molar refractivity (Wildman–Crippen MR) is 127 cm³/mol. The molecule has 4 amide bonds. The lowest BCUT2D eigenvalue weighted by atomic mass is 10.2. The van der Waals surface area contributed by atoms with Gasteiger partial charge >= 0.3 is 0 Å². The average Bonchev–Trinajstić information content (AvgIpc) is 3.37. The molecule has 0 saturated heterocycles. The SMILES string of the molecule is Cc1c(Oc2ccccc2N2C(=O)C=CC2=O)cccc1Oc1ccccc1N1C(=O)C=CC1=O. The van der Waals surface area contributed by atoms with Crippen molar-refractivity contribution < 1.29 is 28.7 Å². The molecule has 2 aliphatic heterocycles. The van der Waals surface area contributed by atoms with Gasteiger partial charge in [-0.25, -0.2) is 9.80 Å². The summed E-state index contributed by atoms with van der Waals surface area (Å²) in [6.07, 6.45) is 4.84. The number of amides is 4. The Hall–Kier alpha value is -4.98. The Labute approximate surface area is 200 Å². The fourth-order valence-corrected chi connectivity index (χ4v) is 3.78. The minimum atomic E-state index is -0.447. The van der Waals surface area contributed by atoms with Gasteiger partial charge in [-0.1, -0.05) is 30.3 Å². The van der Waals surface area contributed by atoms with Crippen LogP contribution in [0.15, 0.2) is 91.0 Å². The van der Waals surface area contributed by atoms with Crippen LogP contribution in [-0.4, -0.2) is 23.6 Å². The molecule has 0 aromatic heterocycles. The number of hydrogen-bond donors (Lipinski definition) is 0. The number of hydrogen-bond acceptors (Lipinski definition) is 6. The molecule has 172 valence electrons. The molecule has 3 aromatic carbocycles. The summed E-state index contributed by atoms with van der Waals surface area (Å²) in [4.78, 5) is 50.8. The second-order valence-corrected chi connectivity index (χ2v) is 7.71. The van der Waals surface area contributed by atoms with Crippen LogP contribution in [0.1, 0.15) is 5.56 Å². The molecule has 0 N–H and O–H groups in total. The van der Waals surface area contributed by atoms with E-state index in [9.17, 15) is 19.2 Å². The van der Waals surface area contributed by atoms with Crippen molar-refractivity contribution >= 4 is 35.0 Å². The molecule has 0 fully saturated rings. The lowest BCUT2D eigenvalue weighted by molar-refractivity contribution is -0.121. The number of nitrogens with zero attached hydrogens (tertiary/aromatic N) is 2. The highest BCUT2D eigenvalue weighted by Crippen LogP contribution is 2.40. The van der Waals surface area contributed by atoms with Crippen molar-refractivity contribution in [1.82, 2.24) is 0 Å². The molecule has 0 unspecified atom stereocenters. The molecule has 0 radical (unpaired) electrons. The molecule has 8 nitrogen and oxygen atoms in total. The lowest BCUT2D eigenvalue weighted by Gasteiger charge is -2.21. The summed E-state index contributed by atoms with van der Waals surface area (Å²) >= 11 is 0. The highest BCUT2D eigenvalue weighted by Gasteiger charge is 2.29. The fraction of sp³-hybridized carbons (Fsp3) is 0.0370. The summed E-state index contributed by atoms with van der Waals surface area (Å²) < 4.78 is 12.2. The third kappa shape index (κ3) is 3.97. The number of imide groups is 2. The van der Waals surface area contributed by atoms with Crippen LogP contribution in [0.4, 0.5) is 11.4 Å². The fourth-order valence-electron chi connectivity index (χ4n) is 3.78. The van der Waals surface area contributed by atoms with Gasteiger partial charge in [-0.15, -0.1) is 0 Å². The van der Waals surface area contributed by atoms with E-state index >= 15 is 0 Å².